The number of aliphatic imine (C=N–C) groups is 1. The van der Waals surface area contributed by atoms with E-state index >= 15 is 0 Å². The largest absolute Gasteiger partial charge is 0.485 e. The smallest absolute Gasteiger partial charge is 0.148 e. The summed E-state index contributed by atoms with van der Waals surface area (Å²) in [4.78, 5) is 4.51. The van der Waals surface area contributed by atoms with Crippen molar-refractivity contribution in [2.45, 2.75) is 6.92 Å². The third kappa shape index (κ3) is 1.99. The van der Waals surface area contributed by atoms with Crippen molar-refractivity contribution in [1.29, 1.82) is 0 Å². The highest BCUT2D eigenvalue weighted by Gasteiger charge is 2.14. The van der Waals surface area contributed by atoms with Gasteiger partial charge in [-0.15, -0.1) is 0 Å². The summed E-state index contributed by atoms with van der Waals surface area (Å²) in [7, 11) is 0. The molecule has 1 heterocycles. The molecule has 2 aromatic rings. The van der Waals surface area contributed by atoms with Gasteiger partial charge in [0.25, 0.3) is 0 Å². The zero-order chi connectivity index (χ0) is 12.5. The Morgan fingerprint density at radius 3 is 2.67 bits per heavy atom. The van der Waals surface area contributed by atoms with E-state index in [1.54, 1.807) is 6.07 Å². The lowest BCUT2D eigenvalue weighted by molar-refractivity contribution is 0.370. The average molecular weight is 241 g/mol. The van der Waals surface area contributed by atoms with E-state index in [0.717, 1.165) is 11.3 Å². The number of hydrogen-bond donors (Lipinski definition) is 0. The van der Waals surface area contributed by atoms with Gasteiger partial charge in [-0.25, -0.2) is 9.38 Å². The van der Waals surface area contributed by atoms with E-state index in [9.17, 15) is 4.39 Å². The Labute approximate surface area is 105 Å². The Kier molecular flexibility index (Phi) is 2.59. The minimum Gasteiger partial charge on any atom is -0.485 e. The van der Waals surface area contributed by atoms with E-state index in [1.807, 2.05) is 31.2 Å². The van der Waals surface area contributed by atoms with Gasteiger partial charge in [-0.2, -0.15) is 0 Å². The Hall–Kier alpha value is -2.16. The van der Waals surface area contributed by atoms with Gasteiger partial charge in [0.05, 0.1) is 5.71 Å². The molecule has 1 aliphatic heterocycles. The molecule has 0 aliphatic carbocycles. The lowest BCUT2D eigenvalue weighted by Crippen LogP contribution is -2.16. The molecule has 0 atom stereocenters. The first-order valence-corrected chi connectivity index (χ1v) is 5.79. The SMILES string of the molecule is Cc1ccc(C2=Nc3ccc(F)cc3OC2)cc1. The minimum atomic E-state index is -0.303. The number of halogens is 1. The van der Waals surface area contributed by atoms with E-state index in [-0.39, 0.29) is 5.82 Å². The number of hydrogen-bond acceptors (Lipinski definition) is 2. The van der Waals surface area contributed by atoms with E-state index in [2.05, 4.69) is 4.99 Å². The molecule has 90 valence electrons. The number of rotatable bonds is 1. The van der Waals surface area contributed by atoms with Crippen molar-refractivity contribution in [3.05, 3.63) is 59.4 Å². The Morgan fingerprint density at radius 1 is 1.11 bits per heavy atom. The van der Waals surface area contributed by atoms with Crippen LogP contribution in [0.2, 0.25) is 0 Å². The topological polar surface area (TPSA) is 21.6 Å². The summed E-state index contributed by atoms with van der Waals surface area (Å²) in [6.45, 7) is 2.42. The van der Waals surface area contributed by atoms with Crippen LogP contribution in [0, 0.1) is 12.7 Å². The third-order valence-corrected chi connectivity index (χ3v) is 2.93. The summed E-state index contributed by atoms with van der Waals surface area (Å²) in [5, 5.41) is 0. The summed E-state index contributed by atoms with van der Waals surface area (Å²) in [6.07, 6.45) is 0. The number of benzene rings is 2. The lowest BCUT2D eigenvalue weighted by Gasteiger charge is -2.17. The normalized spacial score (nSPS) is 13.6. The summed E-state index contributed by atoms with van der Waals surface area (Å²) >= 11 is 0. The van der Waals surface area contributed by atoms with Crippen LogP contribution in [-0.2, 0) is 0 Å². The molecule has 0 aromatic heterocycles. The van der Waals surface area contributed by atoms with Crippen LogP contribution in [0.5, 0.6) is 5.75 Å². The molecular formula is C15H12FNO. The fourth-order valence-electron chi connectivity index (χ4n) is 1.91. The number of nitrogens with zero attached hydrogens (tertiary/aromatic N) is 1. The molecule has 0 bridgehead atoms. The zero-order valence-corrected chi connectivity index (χ0v) is 9.98. The van der Waals surface area contributed by atoms with E-state index < -0.39 is 0 Å². The van der Waals surface area contributed by atoms with Gasteiger partial charge >= 0.3 is 0 Å². The fraction of sp³-hybridized carbons (Fsp3) is 0.133. The third-order valence-electron chi connectivity index (χ3n) is 2.93. The first-order chi connectivity index (χ1) is 8.72. The molecule has 0 amide bonds. The minimum absolute atomic E-state index is 0.303. The molecule has 2 aromatic carbocycles. The van der Waals surface area contributed by atoms with Gasteiger partial charge in [0.1, 0.15) is 23.9 Å². The molecule has 1 aliphatic rings. The number of ether oxygens (including phenoxy) is 1. The van der Waals surface area contributed by atoms with Crippen molar-refractivity contribution in [1.82, 2.24) is 0 Å². The van der Waals surface area contributed by atoms with Crippen LogP contribution in [0.15, 0.2) is 47.5 Å². The lowest BCUT2D eigenvalue weighted by atomic mass is 10.1. The van der Waals surface area contributed by atoms with Crippen LogP contribution in [0.4, 0.5) is 10.1 Å². The summed E-state index contributed by atoms with van der Waals surface area (Å²) < 4.78 is 18.6. The second-order valence-corrected chi connectivity index (χ2v) is 4.33. The highest BCUT2D eigenvalue weighted by molar-refractivity contribution is 6.04. The van der Waals surface area contributed by atoms with E-state index in [1.165, 1.54) is 17.7 Å². The molecule has 2 nitrogen and oxygen atoms in total. The van der Waals surface area contributed by atoms with Crippen molar-refractivity contribution >= 4 is 11.4 Å². The van der Waals surface area contributed by atoms with Crippen LogP contribution in [0.1, 0.15) is 11.1 Å². The predicted molar refractivity (Wildman–Crippen MR) is 69.3 cm³/mol. The summed E-state index contributed by atoms with van der Waals surface area (Å²) in [5.41, 5.74) is 3.79. The van der Waals surface area contributed by atoms with Crippen LogP contribution < -0.4 is 4.74 Å². The highest BCUT2D eigenvalue weighted by Crippen LogP contribution is 2.32. The van der Waals surface area contributed by atoms with Gasteiger partial charge < -0.3 is 4.74 Å². The molecule has 0 unspecified atom stereocenters. The quantitative estimate of drug-likeness (QED) is 0.746. The Morgan fingerprint density at radius 2 is 1.89 bits per heavy atom. The first kappa shape index (κ1) is 11.0. The van der Waals surface area contributed by atoms with E-state index in [4.69, 9.17) is 4.74 Å². The van der Waals surface area contributed by atoms with Crippen molar-refractivity contribution < 1.29 is 9.13 Å². The van der Waals surface area contributed by atoms with Crippen molar-refractivity contribution in [2.24, 2.45) is 4.99 Å². The first-order valence-electron chi connectivity index (χ1n) is 5.79. The standard InChI is InChI=1S/C15H12FNO/c1-10-2-4-11(5-3-10)14-9-18-15-8-12(16)6-7-13(15)17-14/h2-8H,9H2,1H3. The number of fused-ring (bicyclic) bond motifs is 1. The fourth-order valence-corrected chi connectivity index (χ4v) is 1.91. The van der Waals surface area contributed by atoms with Crippen LogP contribution >= 0.6 is 0 Å². The second kappa shape index (κ2) is 4.26. The second-order valence-electron chi connectivity index (χ2n) is 4.33. The molecular weight excluding hydrogens is 229 g/mol. The molecule has 0 fully saturated rings. The Bertz CT molecular complexity index is 617. The van der Waals surface area contributed by atoms with Crippen molar-refractivity contribution in [3.8, 4) is 5.75 Å². The summed E-state index contributed by atoms with van der Waals surface area (Å²) in [6, 6.07) is 12.5. The number of aryl methyl sites for hydroxylation is 1. The maximum absolute atomic E-state index is 13.0. The van der Waals surface area contributed by atoms with Gasteiger partial charge in [-0.3, -0.25) is 0 Å². The van der Waals surface area contributed by atoms with E-state index in [0.29, 0.717) is 18.0 Å². The molecule has 0 N–H and O–H groups in total. The zero-order valence-electron chi connectivity index (χ0n) is 9.98. The van der Waals surface area contributed by atoms with Gasteiger partial charge in [0.2, 0.25) is 0 Å². The van der Waals surface area contributed by atoms with Crippen LogP contribution in [-0.4, -0.2) is 12.3 Å². The van der Waals surface area contributed by atoms with Crippen molar-refractivity contribution in [3.63, 3.8) is 0 Å². The molecule has 18 heavy (non-hydrogen) atoms. The van der Waals surface area contributed by atoms with Gasteiger partial charge in [-0.1, -0.05) is 29.8 Å². The molecule has 3 heteroatoms. The molecule has 3 rings (SSSR count). The predicted octanol–water partition coefficient (Wildman–Crippen LogP) is 3.65. The molecule has 0 radical (unpaired) electrons. The van der Waals surface area contributed by atoms with Crippen LogP contribution in [0.3, 0.4) is 0 Å². The monoisotopic (exact) mass is 241 g/mol. The average Bonchev–Trinajstić information content (AvgIpc) is 2.39. The van der Waals surface area contributed by atoms with Gasteiger partial charge in [-0.05, 0) is 24.6 Å². The maximum atomic E-state index is 13.0. The molecule has 0 saturated carbocycles. The molecule has 0 saturated heterocycles. The summed E-state index contributed by atoms with van der Waals surface area (Å²) in [5.74, 6) is 0.202. The molecule has 0 spiro atoms. The Balaban J connectivity index is 2.00. The van der Waals surface area contributed by atoms with Crippen molar-refractivity contribution in [2.75, 3.05) is 6.61 Å². The van der Waals surface area contributed by atoms with Gasteiger partial charge in [0, 0.05) is 6.07 Å². The van der Waals surface area contributed by atoms with Gasteiger partial charge in [0.15, 0.2) is 0 Å². The van der Waals surface area contributed by atoms with Crippen LogP contribution in [0.25, 0.3) is 0 Å². The maximum Gasteiger partial charge on any atom is 0.148 e. The highest BCUT2D eigenvalue weighted by atomic mass is 19.1.